The van der Waals surface area contributed by atoms with Crippen LogP contribution in [0.4, 0.5) is 0 Å². The lowest BCUT2D eigenvalue weighted by Crippen LogP contribution is -2.36. The van der Waals surface area contributed by atoms with E-state index in [1.807, 2.05) is 18.2 Å². The van der Waals surface area contributed by atoms with E-state index in [0.717, 1.165) is 5.22 Å². The first-order valence-corrected chi connectivity index (χ1v) is 5.62. The zero-order chi connectivity index (χ0) is 10.8. The van der Waals surface area contributed by atoms with Gasteiger partial charge in [-0.1, -0.05) is 40.2 Å². The Balaban J connectivity index is 2.56. The third-order valence-corrected chi connectivity index (χ3v) is 2.81. The zero-order valence-corrected chi connectivity index (χ0v) is 9.40. The van der Waals surface area contributed by atoms with E-state index in [9.17, 15) is 9.59 Å². The number of Topliss-reactive ketones (excluding diaryl/α,β-unsaturated/α-hetero) is 1. The van der Waals surface area contributed by atoms with E-state index < -0.39 is 5.92 Å². The first-order chi connectivity index (χ1) is 7.22. The van der Waals surface area contributed by atoms with Gasteiger partial charge in [0.2, 0.25) is 0 Å². The van der Waals surface area contributed by atoms with Crippen molar-refractivity contribution in [3.63, 3.8) is 0 Å². The summed E-state index contributed by atoms with van der Waals surface area (Å²) in [6.07, 6.45) is 1.67. The van der Waals surface area contributed by atoms with Crippen LogP contribution in [0.5, 0.6) is 0 Å². The van der Waals surface area contributed by atoms with Crippen LogP contribution in [0, 0.1) is 5.92 Å². The zero-order valence-electron chi connectivity index (χ0n) is 7.81. The summed E-state index contributed by atoms with van der Waals surface area (Å²) in [7, 11) is 0. The van der Waals surface area contributed by atoms with E-state index in [1.165, 1.54) is 0 Å². The van der Waals surface area contributed by atoms with E-state index in [4.69, 9.17) is 0 Å². The number of carbonyl (C=O) groups is 2. The van der Waals surface area contributed by atoms with E-state index >= 15 is 0 Å². The number of rotatable bonds is 2. The molecule has 3 nitrogen and oxygen atoms in total. The van der Waals surface area contributed by atoms with Gasteiger partial charge in [0.25, 0.3) is 5.91 Å². The standard InChI is InChI=1S/C11H8BrNO2/c12-6-10(14)8-5-7-3-1-2-4-9(7)13-11(8)15/h1-5,8H,6H2. The Hall–Kier alpha value is -1.29. The maximum Gasteiger partial charge on any atom is 0.260 e. The molecule has 15 heavy (non-hydrogen) atoms. The van der Waals surface area contributed by atoms with Crippen molar-refractivity contribution in [2.45, 2.75) is 0 Å². The van der Waals surface area contributed by atoms with Crippen LogP contribution < -0.4 is 10.6 Å². The smallest absolute Gasteiger partial charge is 0.260 e. The first-order valence-electron chi connectivity index (χ1n) is 4.50. The molecule has 0 aromatic heterocycles. The van der Waals surface area contributed by atoms with Crippen molar-refractivity contribution in [1.82, 2.24) is 0 Å². The maximum absolute atomic E-state index is 11.5. The summed E-state index contributed by atoms with van der Waals surface area (Å²) < 4.78 is 0. The highest BCUT2D eigenvalue weighted by molar-refractivity contribution is 9.09. The molecule has 0 spiro atoms. The molecule has 1 unspecified atom stereocenters. The summed E-state index contributed by atoms with van der Waals surface area (Å²) in [5.74, 6) is -1.25. The normalized spacial score (nSPS) is 18.7. The Morgan fingerprint density at radius 3 is 2.87 bits per heavy atom. The summed E-state index contributed by atoms with van der Waals surface area (Å²) in [6.45, 7) is 0. The molecule has 1 aromatic carbocycles. The minimum Gasteiger partial charge on any atom is -0.298 e. The van der Waals surface area contributed by atoms with Crippen LogP contribution in [0.25, 0.3) is 6.08 Å². The molecular formula is C11H8BrNO2. The lowest BCUT2D eigenvalue weighted by Gasteiger charge is -2.08. The lowest BCUT2D eigenvalue weighted by molar-refractivity contribution is -0.128. The van der Waals surface area contributed by atoms with Gasteiger partial charge in [-0.05, 0) is 11.3 Å². The van der Waals surface area contributed by atoms with E-state index in [-0.39, 0.29) is 17.0 Å². The summed E-state index contributed by atoms with van der Waals surface area (Å²) in [5.41, 5.74) is 0. The molecule has 0 aliphatic carbocycles. The number of hydrogen-bond donors (Lipinski definition) is 0. The molecule has 4 heteroatoms. The van der Waals surface area contributed by atoms with Crippen LogP contribution in [0.2, 0.25) is 0 Å². The van der Waals surface area contributed by atoms with Crippen LogP contribution in [-0.4, -0.2) is 17.0 Å². The molecule has 76 valence electrons. The minimum atomic E-state index is -0.723. The third kappa shape index (κ3) is 1.90. The van der Waals surface area contributed by atoms with Crippen molar-refractivity contribution in [2.75, 3.05) is 5.33 Å². The topological polar surface area (TPSA) is 46.5 Å². The molecule has 1 aromatic rings. The lowest BCUT2D eigenvalue weighted by atomic mass is 10.0. The highest BCUT2D eigenvalue weighted by atomic mass is 79.9. The molecule has 0 radical (unpaired) electrons. The minimum absolute atomic E-state index is 0.154. The summed E-state index contributed by atoms with van der Waals surface area (Å²) in [4.78, 5) is 26.8. The fourth-order valence-corrected chi connectivity index (χ4v) is 1.83. The van der Waals surface area contributed by atoms with Crippen molar-refractivity contribution < 1.29 is 9.59 Å². The van der Waals surface area contributed by atoms with Crippen LogP contribution in [0.3, 0.4) is 0 Å². The number of amides is 1. The quantitative estimate of drug-likeness (QED) is 0.567. The molecule has 2 rings (SSSR count). The van der Waals surface area contributed by atoms with E-state index in [2.05, 4.69) is 20.9 Å². The molecule has 1 aliphatic rings. The van der Waals surface area contributed by atoms with Crippen molar-refractivity contribution in [1.29, 1.82) is 0 Å². The number of halogens is 1. The molecule has 0 bridgehead atoms. The number of nitrogens with zero attached hydrogens (tertiary/aromatic N) is 1. The number of para-hydroxylation sites is 1. The number of fused-ring (bicyclic) bond motifs is 1. The van der Waals surface area contributed by atoms with Gasteiger partial charge >= 0.3 is 0 Å². The number of hydrogen-bond acceptors (Lipinski definition) is 2. The molecule has 0 N–H and O–H groups in total. The number of ketones is 1. The Bertz CT molecular complexity index is 536. The Kier molecular flexibility index (Phi) is 2.77. The van der Waals surface area contributed by atoms with Gasteiger partial charge in [0.15, 0.2) is 5.78 Å². The van der Waals surface area contributed by atoms with Gasteiger partial charge in [0.05, 0.1) is 10.7 Å². The molecule has 1 aliphatic heterocycles. The fourth-order valence-electron chi connectivity index (χ4n) is 1.48. The summed E-state index contributed by atoms with van der Waals surface area (Å²) in [6, 6.07) is 7.28. The average Bonchev–Trinajstić information content (AvgIpc) is 2.27. The molecule has 0 saturated heterocycles. The molecule has 1 heterocycles. The van der Waals surface area contributed by atoms with Crippen LogP contribution in [-0.2, 0) is 9.59 Å². The monoisotopic (exact) mass is 265 g/mol. The van der Waals surface area contributed by atoms with Gasteiger partial charge in [-0.15, -0.1) is 0 Å². The average molecular weight is 266 g/mol. The van der Waals surface area contributed by atoms with Gasteiger partial charge in [-0.3, -0.25) is 9.59 Å². The summed E-state index contributed by atoms with van der Waals surface area (Å²) >= 11 is 3.05. The van der Waals surface area contributed by atoms with Gasteiger partial charge in [0, 0.05) is 0 Å². The van der Waals surface area contributed by atoms with E-state index in [0.29, 0.717) is 5.36 Å². The predicted octanol–water partition coefficient (Wildman–Crippen LogP) is 0.207. The maximum atomic E-state index is 11.5. The van der Waals surface area contributed by atoms with Crippen molar-refractivity contribution in [2.24, 2.45) is 10.9 Å². The van der Waals surface area contributed by atoms with Crippen molar-refractivity contribution in [3.8, 4) is 0 Å². The predicted molar refractivity (Wildman–Crippen MR) is 59.0 cm³/mol. The second kappa shape index (κ2) is 4.06. The van der Waals surface area contributed by atoms with Gasteiger partial charge in [-0.2, -0.15) is 0 Å². The summed E-state index contributed by atoms with van der Waals surface area (Å²) in [5, 5.41) is 1.66. The van der Waals surface area contributed by atoms with Crippen LogP contribution in [0.15, 0.2) is 29.3 Å². The molecule has 0 fully saturated rings. The Labute approximate surface area is 94.6 Å². The SMILES string of the molecule is O=C(CBr)C1C=c2ccccc2=NC1=O. The first kappa shape index (κ1) is 10.2. The fraction of sp³-hybridized carbons (Fsp3) is 0.182. The third-order valence-electron chi connectivity index (χ3n) is 2.26. The van der Waals surface area contributed by atoms with Gasteiger partial charge in [-0.25, -0.2) is 4.99 Å². The second-order valence-corrected chi connectivity index (χ2v) is 3.81. The molecular weight excluding hydrogens is 258 g/mol. The number of alkyl halides is 1. The molecule has 1 amide bonds. The van der Waals surface area contributed by atoms with Crippen molar-refractivity contribution >= 4 is 33.7 Å². The number of carbonyl (C=O) groups excluding carboxylic acids is 2. The largest absolute Gasteiger partial charge is 0.298 e. The van der Waals surface area contributed by atoms with Crippen LogP contribution in [0.1, 0.15) is 0 Å². The van der Waals surface area contributed by atoms with Gasteiger partial charge in [0.1, 0.15) is 5.92 Å². The highest BCUT2D eigenvalue weighted by Gasteiger charge is 2.24. The number of benzene rings is 1. The highest BCUT2D eigenvalue weighted by Crippen LogP contribution is 2.07. The molecule has 1 atom stereocenters. The van der Waals surface area contributed by atoms with Gasteiger partial charge < -0.3 is 0 Å². The Morgan fingerprint density at radius 1 is 1.40 bits per heavy atom. The van der Waals surface area contributed by atoms with Crippen LogP contribution >= 0.6 is 15.9 Å². The molecule has 0 saturated carbocycles. The Morgan fingerprint density at radius 2 is 2.13 bits per heavy atom. The van der Waals surface area contributed by atoms with E-state index in [1.54, 1.807) is 12.1 Å². The van der Waals surface area contributed by atoms with Crippen molar-refractivity contribution in [3.05, 3.63) is 34.8 Å². The second-order valence-electron chi connectivity index (χ2n) is 3.25.